The van der Waals surface area contributed by atoms with Crippen LogP contribution in [0.1, 0.15) is 56.3 Å². The molecule has 3 aromatic rings. The summed E-state index contributed by atoms with van der Waals surface area (Å²) in [6, 6.07) is 10.4. The van der Waals surface area contributed by atoms with E-state index in [9.17, 15) is 24.6 Å². The predicted octanol–water partition coefficient (Wildman–Crippen LogP) is 4.33. The third-order valence-corrected chi connectivity index (χ3v) is 9.69. The van der Waals surface area contributed by atoms with E-state index in [4.69, 9.17) is 4.74 Å². The van der Waals surface area contributed by atoms with Crippen LogP contribution in [0, 0.1) is 5.92 Å². The summed E-state index contributed by atoms with van der Waals surface area (Å²) in [4.78, 5) is 44.0. The third kappa shape index (κ3) is 4.63. The molecule has 0 saturated heterocycles. The van der Waals surface area contributed by atoms with Gasteiger partial charge in [-0.25, -0.2) is 4.98 Å². The van der Waals surface area contributed by atoms with Gasteiger partial charge in [0, 0.05) is 40.6 Å². The number of rotatable bonds is 7. The zero-order chi connectivity index (χ0) is 27.0. The van der Waals surface area contributed by atoms with E-state index in [1.54, 1.807) is 39.9 Å². The van der Waals surface area contributed by atoms with Gasteiger partial charge >= 0.3 is 0 Å². The van der Waals surface area contributed by atoms with E-state index in [-0.39, 0.29) is 57.1 Å². The molecule has 0 saturated carbocycles. The summed E-state index contributed by atoms with van der Waals surface area (Å²) in [7, 11) is 4.56. The maximum absolute atomic E-state index is 13.4. The van der Waals surface area contributed by atoms with Gasteiger partial charge in [-0.15, -0.1) is 0 Å². The fourth-order valence-corrected chi connectivity index (χ4v) is 6.92. The Morgan fingerprint density at radius 2 is 1.84 bits per heavy atom. The average Bonchev–Trinajstić information content (AvgIpc) is 2.95. The van der Waals surface area contributed by atoms with Crippen molar-refractivity contribution in [1.82, 2.24) is 10.3 Å². The Labute approximate surface area is 227 Å². The molecule has 2 atom stereocenters. The fourth-order valence-electron chi connectivity index (χ4n) is 4.98. The van der Waals surface area contributed by atoms with Crippen molar-refractivity contribution in [3.05, 3.63) is 76.0 Å². The monoisotopic (exact) mass is 550 g/mol. The summed E-state index contributed by atoms with van der Waals surface area (Å²) in [6.45, 7) is 2.47. The zero-order valence-corrected chi connectivity index (χ0v) is 22.4. The van der Waals surface area contributed by atoms with E-state index in [1.807, 2.05) is 25.1 Å². The Morgan fingerprint density at radius 1 is 1.08 bits per heavy atom. The molecule has 1 unspecified atom stereocenters. The number of pyridine rings is 1. The number of amides is 1. The molecule has 0 aliphatic heterocycles. The van der Waals surface area contributed by atoms with Crippen LogP contribution in [0.3, 0.4) is 0 Å². The Balaban J connectivity index is 1.33. The number of aromatic hydroxyl groups is 2. The van der Waals surface area contributed by atoms with E-state index >= 15 is 0 Å². The molecule has 8 nitrogen and oxygen atoms in total. The fraction of sp³-hybridized carbons (Fsp3) is 0.286. The Bertz CT molecular complexity index is 1440. The van der Waals surface area contributed by atoms with Gasteiger partial charge in [0.2, 0.25) is 11.7 Å². The highest BCUT2D eigenvalue weighted by molar-refractivity contribution is 8.76. The highest BCUT2D eigenvalue weighted by atomic mass is 33.1. The van der Waals surface area contributed by atoms with Crippen molar-refractivity contribution >= 4 is 39.1 Å². The second-order valence-corrected chi connectivity index (χ2v) is 11.9. The Kier molecular flexibility index (Phi) is 7.36. The molecule has 3 N–H and O–H groups in total. The molecule has 1 amide bonds. The van der Waals surface area contributed by atoms with Crippen LogP contribution in [0.25, 0.3) is 0 Å². The lowest BCUT2D eigenvalue weighted by molar-refractivity contribution is -0.125. The van der Waals surface area contributed by atoms with Gasteiger partial charge in [-0.05, 0) is 48.3 Å². The highest BCUT2D eigenvalue weighted by Crippen LogP contribution is 2.47. The predicted molar refractivity (Wildman–Crippen MR) is 145 cm³/mol. The van der Waals surface area contributed by atoms with Crippen LogP contribution in [0.4, 0.5) is 0 Å². The number of hydrogen-bond acceptors (Lipinski definition) is 9. The molecule has 1 aromatic heterocycles. The Hall–Kier alpha value is -3.50. The number of benzene rings is 2. The van der Waals surface area contributed by atoms with Crippen LogP contribution in [0.2, 0.25) is 0 Å². The molecular weight excluding hydrogens is 524 g/mol. The zero-order valence-electron chi connectivity index (χ0n) is 20.8. The third-order valence-electron chi connectivity index (χ3n) is 6.89. The van der Waals surface area contributed by atoms with Crippen LogP contribution in [-0.2, 0) is 17.6 Å². The van der Waals surface area contributed by atoms with Crippen LogP contribution in [0.15, 0.2) is 47.6 Å². The van der Waals surface area contributed by atoms with Gasteiger partial charge in [0.05, 0.1) is 23.8 Å². The first-order valence-corrected chi connectivity index (χ1v) is 14.4. The van der Waals surface area contributed by atoms with Crippen molar-refractivity contribution in [3.8, 4) is 17.2 Å². The minimum absolute atomic E-state index is 0.0726. The average molecular weight is 551 g/mol. The summed E-state index contributed by atoms with van der Waals surface area (Å²) in [5.74, 6) is -2.14. The molecule has 0 radical (unpaired) electrons. The van der Waals surface area contributed by atoms with E-state index in [1.165, 1.54) is 13.2 Å². The molecule has 5 rings (SSSR count). The number of methoxy groups -OCH3 is 1. The second kappa shape index (κ2) is 10.7. The van der Waals surface area contributed by atoms with Crippen molar-refractivity contribution in [2.24, 2.45) is 5.92 Å². The van der Waals surface area contributed by atoms with Crippen LogP contribution in [0.5, 0.6) is 17.2 Å². The van der Waals surface area contributed by atoms with Crippen molar-refractivity contribution in [2.75, 3.05) is 13.7 Å². The maximum Gasteiger partial charge on any atom is 0.223 e. The summed E-state index contributed by atoms with van der Waals surface area (Å²) in [6.07, 6.45) is 2.63. The van der Waals surface area contributed by atoms with Gasteiger partial charge in [-0.2, -0.15) is 0 Å². The van der Waals surface area contributed by atoms with Crippen molar-refractivity contribution < 1.29 is 29.3 Å². The van der Waals surface area contributed by atoms with Crippen molar-refractivity contribution in [2.45, 2.75) is 36.5 Å². The highest BCUT2D eigenvalue weighted by Gasteiger charge is 2.41. The summed E-state index contributed by atoms with van der Waals surface area (Å²) < 4.78 is 5.28. The molecule has 10 heteroatoms. The lowest BCUT2D eigenvalue weighted by Gasteiger charge is -2.29. The number of aromatic nitrogens is 1. The van der Waals surface area contributed by atoms with Gasteiger partial charge in [0.15, 0.2) is 5.78 Å². The second-order valence-electron chi connectivity index (χ2n) is 9.29. The van der Waals surface area contributed by atoms with Gasteiger partial charge in [-0.1, -0.05) is 35.9 Å². The molecular formula is C28H26N2O6S2. The number of hydrogen-bond donors (Lipinski definition) is 3. The van der Waals surface area contributed by atoms with E-state index in [0.717, 1.165) is 5.03 Å². The largest absolute Gasteiger partial charge is 0.507 e. The molecule has 2 aliphatic carbocycles. The minimum atomic E-state index is -0.572. The number of phenols is 2. The van der Waals surface area contributed by atoms with Gasteiger partial charge in [0.25, 0.3) is 0 Å². The van der Waals surface area contributed by atoms with E-state index < -0.39 is 17.5 Å². The number of ether oxygens (including phenoxy) is 1. The summed E-state index contributed by atoms with van der Waals surface area (Å²) >= 11 is 0. The molecule has 0 bridgehead atoms. The SMILES string of the molecule is COc1cccc2c1C(=O)c1c(O)c3c(c(O)c1C2=O)C[C@@H](C(=O)NCC(C)SSc1ccccn1)CC3. The lowest BCUT2D eigenvalue weighted by Crippen LogP contribution is -2.37. The number of phenolic OH excluding ortho intramolecular Hbond substituents is 2. The van der Waals surface area contributed by atoms with Crippen LogP contribution in [-0.4, -0.2) is 51.6 Å². The molecule has 2 aromatic carbocycles. The number of ketones is 2. The first-order valence-electron chi connectivity index (χ1n) is 12.2. The van der Waals surface area contributed by atoms with Gasteiger partial charge in [0.1, 0.15) is 22.3 Å². The smallest absolute Gasteiger partial charge is 0.223 e. The molecule has 196 valence electrons. The van der Waals surface area contributed by atoms with Crippen LogP contribution < -0.4 is 10.1 Å². The first kappa shape index (κ1) is 26.1. The quantitative estimate of drug-likeness (QED) is 0.228. The number of fused-ring (bicyclic) bond motifs is 3. The van der Waals surface area contributed by atoms with Gasteiger partial charge < -0.3 is 20.3 Å². The number of nitrogens with zero attached hydrogens (tertiary/aromatic N) is 1. The topological polar surface area (TPSA) is 126 Å². The van der Waals surface area contributed by atoms with Gasteiger partial charge in [-0.3, -0.25) is 14.4 Å². The Morgan fingerprint density at radius 3 is 2.58 bits per heavy atom. The van der Waals surface area contributed by atoms with Crippen molar-refractivity contribution in [1.29, 1.82) is 0 Å². The molecule has 2 aliphatic rings. The number of carbonyl (C=O) groups excluding carboxylic acids is 3. The molecule has 38 heavy (non-hydrogen) atoms. The lowest BCUT2D eigenvalue weighted by atomic mass is 9.75. The van der Waals surface area contributed by atoms with Crippen LogP contribution >= 0.6 is 21.6 Å². The molecule has 0 fully saturated rings. The normalized spacial score (nSPS) is 16.7. The number of nitrogens with one attached hydrogen (secondary N) is 1. The minimum Gasteiger partial charge on any atom is -0.507 e. The first-order chi connectivity index (χ1) is 18.3. The van der Waals surface area contributed by atoms with Crippen molar-refractivity contribution in [3.63, 3.8) is 0 Å². The number of carbonyl (C=O) groups is 3. The standard InChI is InChI=1S/C28H26N2O6S2/c1-14(37-38-20-8-3-4-11-29-20)13-30-28(35)15-9-10-16-18(12-15)26(33)22-23(24(16)31)27(34)21-17(25(22)32)6-5-7-19(21)36-2/h3-8,11,14-15,31,33H,9-10,12-13H2,1-2H3,(H,30,35)/t14?,15-/m0/s1. The molecule has 0 spiro atoms. The maximum atomic E-state index is 13.4. The molecule has 1 heterocycles. The van der Waals surface area contributed by atoms with E-state index in [0.29, 0.717) is 30.5 Å². The summed E-state index contributed by atoms with van der Waals surface area (Å²) in [5, 5.41) is 26.3. The summed E-state index contributed by atoms with van der Waals surface area (Å²) in [5.41, 5.74) is 0.501. The van der Waals surface area contributed by atoms with E-state index in [2.05, 4.69) is 10.3 Å².